The maximum Gasteiger partial charge on any atom is 0.466 e. The monoisotopic (exact) mass is 458 g/mol. The van der Waals surface area contributed by atoms with Gasteiger partial charge in [0.2, 0.25) is 0 Å². The number of ether oxygens (including phenoxy) is 1. The van der Waals surface area contributed by atoms with Gasteiger partial charge in [-0.25, -0.2) is 4.57 Å². The highest BCUT2D eigenvalue weighted by Gasteiger charge is 2.21. The van der Waals surface area contributed by atoms with E-state index in [0.29, 0.717) is 0 Å². The number of methoxy groups -OCH3 is 1. The smallest absolute Gasteiger partial charge is 0.393 e. The van der Waals surface area contributed by atoms with Crippen LogP contribution in [-0.2, 0) is 9.30 Å². The summed E-state index contributed by atoms with van der Waals surface area (Å²) in [5.41, 5.74) is -0.360. The molecule has 0 radical (unpaired) electrons. The Bertz CT molecular complexity index is 366. The van der Waals surface area contributed by atoms with Gasteiger partial charge >= 0.3 is 7.82 Å². The van der Waals surface area contributed by atoms with Crippen molar-refractivity contribution in [2.75, 3.05) is 25.2 Å². The topological polar surface area (TPSA) is 107 Å². The van der Waals surface area contributed by atoms with Crippen molar-refractivity contribution < 1.29 is 29.1 Å². The Morgan fingerprint density at radius 1 is 0.793 bits per heavy atom. The Hall–Kier alpha value is 0.380. The van der Waals surface area contributed by atoms with Crippen LogP contribution in [-0.4, -0.2) is 50.6 Å². The summed E-state index contributed by atoms with van der Waals surface area (Å²) < 4.78 is 14.2. The standard InChI is InChI=1S/C21H44O2S.H3O4P/c1-4-5-6-7-8-9-10-11-12-13-14-15-16-17-18-24-20-21(2,19-22)23-3;1-5(2,3)4/h22H,4-20H2,1-3H3;(H3,1,2,3,4). The molecule has 0 aromatic heterocycles. The van der Waals surface area contributed by atoms with Gasteiger partial charge in [-0.1, -0.05) is 90.4 Å². The van der Waals surface area contributed by atoms with E-state index in [1.54, 1.807) is 7.11 Å². The Kier molecular flexibility index (Phi) is 23.5. The number of hydrogen-bond acceptors (Lipinski definition) is 4. The molecule has 4 N–H and O–H groups in total. The summed E-state index contributed by atoms with van der Waals surface area (Å²) >= 11 is 1.91. The minimum absolute atomic E-state index is 0.106. The highest BCUT2D eigenvalue weighted by atomic mass is 32.2. The van der Waals surface area contributed by atoms with Crippen molar-refractivity contribution in [2.24, 2.45) is 0 Å². The first-order chi connectivity index (χ1) is 13.7. The van der Waals surface area contributed by atoms with Crippen LogP contribution in [0.2, 0.25) is 0 Å². The Morgan fingerprint density at radius 3 is 1.45 bits per heavy atom. The van der Waals surface area contributed by atoms with E-state index in [1.807, 2.05) is 18.7 Å². The van der Waals surface area contributed by atoms with Gasteiger partial charge < -0.3 is 24.5 Å². The quantitative estimate of drug-likeness (QED) is 0.146. The van der Waals surface area contributed by atoms with Gasteiger partial charge in [0.1, 0.15) is 0 Å². The summed E-state index contributed by atoms with van der Waals surface area (Å²) in [6, 6.07) is 0. The molecule has 1 unspecified atom stereocenters. The van der Waals surface area contributed by atoms with E-state index in [1.165, 1.54) is 95.6 Å². The molecule has 0 aromatic rings. The van der Waals surface area contributed by atoms with Crippen LogP contribution in [0.15, 0.2) is 0 Å². The molecular weight excluding hydrogens is 411 g/mol. The molecule has 0 aliphatic rings. The third-order valence-corrected chi connectivity index (χ3v) is 6.27. The summed E-state index contributed by atoms with van der Waals surface area (Å²) in [7, 11) is -2.96. The molecular formula is C21H47O6PS. The van der Waals surface area contributed by atoms with Gasteiger partial charge in [0.15, 0.2) is 0 Å². The summed E-state index contributed by atoms with van der Waals surface area (Å²) in [5, 5.41) is 9.27. The SMILES string of the molecule is CCCCCCCCCCCCCCCCSCC(C)(CO)OC.O=P(O)(O)O. The molecule has 0 rings (SSSR count). The number of aliphatic hydroxyl groups excluding tert-OH is 1. The molecule has 178 valence electrons. The lowest BCUT2D eigenvalue weighted by molar-refractivity contribution is -0.0187. The molecule has 8 heteroatoms. The second-order valence-electron chi connectivity index (χ2n) is 7.97. The van der Waals surface area contributed by atoms with Crippen molar-refractivity contribution in [1.29, 1.82) is 0 Å². The molecule has 0 saturated carbocycles. The fraction of sp³-hybridized carbons (Fsp3) is 1.00. The summed E-state index contributed by atoms with van der Waals surface area (Å²) in [6.45, 7) is 4.37. The van der Waals surface area contributed by atoms with Gasteiger partial charge in [0.05, 0.1) is 12.2 Å². The minimum atomic E-state index is -4.64. The molecule has 6 nitrogen and oxygen atoms in total. The van der Waals surface area contributed by atoms with Crippen LogP contribution in [0.5, 0.6) is 0 Å². The summed E-state index contributed by atoms with van der Waals surface area (Å²) in [6.07, 6.45) is 19.8. The summed E-state index contributed by atoms with van der Waals surface area (Å²) in [4.78, 5) is 21.6. The lowest BCUT2D eigenvalue weighted by Crippen LogP contribution is -2.34. The van der Waals surface area contributed by atoms with Crippen LogP contribution in [0.4, 0.5) is 0 Å². The first-order valence-electron chi connectivity index (χ1n) is 11.2. The molecule has 1 atom stereocenters. The highest BCUT2D eigenvalue weighted by Crippen LogP contribution is 2.25. The summed E-state index contributed by atoms with van der Waals surface area (Å²) in [5.74, 6) is 2.08. The van der Waals surface area contributed by atoms with Crippen LogP contribution in [0.3, 0.4) is 0 Å². The van der Waals surface area contributed by atoms with E-state index < -0.39 is 7.82 Å². The van der Waals surface area contributed by atoms with Crippen molar-refractivity contribution in [2.45, 2.75) is 109 Å². The van der Waals surface area contributed by atoms with Crippen molar-refractivity contribution in [1.82, 2.24) is 0 Å². The average molecular weight is 459 g/mol. The van der Waals surface area contributed by atoms with E-state index in [2.05, 4.69) is 6.92 Å². The van der Waals surface area contributed by atoms with Crippen molar-refractivity contribution in [3.05, 3.63) is 0 Å². The molecule has 0 heterocycles. The van der Waals surface area contributed by atoms with Gasteiger partial charge in [-0.15, -0.1) is 0 Å². The molecule has 0 bridgehead atoms. The van der Waals surface area contributed by atoms with Crippen LogP contribution in [0.1, 0.15) is 104 Å². The van der Waals surface area contributed by atoms with E-state index >= 15 is 0 Å². The normalized spacial score (nSPS) is 13.6. The van der Waals surface area contributed by atoms with Crippen molar-refractivity contribution in [3.8, 4) is 0 Å². The van der Waals surface area contributed by atoms with Crippen molar-refractivity contribution >= 4 is 19.6 Å². The minimum Gasteiger partial charge on any atom is -0.393 e. The fourth-order valence-corrected chi connectivity index (χ4v) is 4.05. The lowest BCUT2D eigenvalue weighted by Gasteiger charge is -2.24. The van der Waals surface area contributed by atoms with Gasteiger partial charge in [0, 0.05) is 12.9 Å². The molecule has 0 spiro atoms. The number of unbranched alkanes of at least 4 members (excludes halogenated alkanes) is 13. The maximum atomic E-state index is 9.27. The van der Waals surface area contributed by atoms with Crippen LogP contribution < -0.4 is 0 Å². The zero-order valence-corrected chi connectivity index (χ0v) is 20.7. The molecule has 0 aliphatic heterocycles. The zero-order chi connectivity index (χ0) is 22.4. The van der Waals surface area contributed by atoms with E-state index in [4.69, 9.17) is 24.0 Å². The predicted octanol–water partition coefficient (Wildman–Crippen LogP) is 5.67. The maximum absolute atomic E-state index is 9.27. The third kappa shape index (κ3) is 30.7. The van der Waals surface area contributed by atoms with E-state index in [9.17, 15) is 5.11 Å². The molecule has 0 aliphatic carbocycles. The van der Waals surface area contributed by atoms with Crippen LogP contribution >= 0.6 is 19.6 Å². The Morgan fingerprint density at radius 2 is 1.14 bits per heavy atom. The number of thioether (sulfide) groups is 1. The highest BCUT2D eigenvalue weighted by molar-refractivity contribution is 7.99. The van der Waals surface area contributed by atoms with Crippen LogP contribution in [0, 0.1) is 0 Å². The van der Waals surface area contributed by atoms with E-state index in [0.717, 1.165) is 5.75 Å². The number of rotatable bonds is 19. The van der Waals surface area contributed by atoms with E-state index in [-0.39, 0.29) is 12.2 Å². The van der Waals surface area contributed by atoms with Crippen molar-refractivity contribution in [3.63, 3.8) is 0 Å². The van der Waals surface area contributed by atoms with Gasteiger partial charge in [-0.2, -0.15) is 11.8 Å². The van der Waals surface area contributed by atoms with Crippen LogP contribution in [0.25, 0.3) is 0 Å². The average Bonchev–Trinajstić information content (AvgIpc) is 2.66. The Balaban J connectivity index is 0. The molecule has 0 amide bonds. The first kappa shape index (κ1) is 31.6. The second-order valence-corrected chi connectivity index (χ2v) is 10.1. The molecule has 0 aromatic carbocycles. The molecule has 0 saturated heterocycles. The van der Waals surface area contributed by atoms with Gasteiger partial charge in [-0.3, -0.25) is 0 Å². The molecule has 29 heavy (non-hydrogen) atoms. The lowest BCUT2D eigenvalue weighted by atomic mass is 10.0. The second kappa shape index (κ2) is 21.6. The van der Waals surface area contributed by atoms with Gasteiger partial charge in [-0.05, 0) is 19.1 Å². The number of phosphoric acid groups is 1. The van der Waals surface area contributed by atoms with Gasteiger partial charge in [0.25, 0.3) is 0 Å². The first-order valence-corrected chi connectivity index (χ1v) is 13.9. The number of aliphatic hydroxyl groups is 1. The predicted molar refractivity (Wildman–Crippen MR) is 124 cm³/mol. The fourth-order valence-electron chi connectivity index (χ4n) is 2.86. The molecule has 0 fully saturated rings. The Labute approximate surface area is 183 Å². The number of hydrogen-bond donors (Lipinski definition) is 4. The largest absolute Gasteiger partial charge is 0.466 e. The zero-order valence-electron chi connectivity index (χ0n) is 19.0. The third-order valence-electron chi connectivity index (χ3n) is 4.88.